The van der Waals surface area contributed by atoms with Gasteiger partial charge in [-0.3, -0.25) is 4.98 Å². The van der Waals surface area contributed by atoms with Crippen molar-refractivity contribution in [3.63, 3.8) is 0 Å². The molecule has 0 aliphatic carbocycles. The van der Waals surface area contributed by atoms with Crippen molar-refractivity contribution >= 4 is 11.2 Å². The van der Waals surface area contributed by atoms with Gasteiger partial charge in [-0.2, -0.15) is 26.3 Å². The molecule has 0 spiro atoms. The molecule has 0 radical (unpaired) electrons. The van der Waals surface area contributed by atoms with Gasteiger partial charge < -0.3 is 14.8 Å². The van der Waals surface area contributed by atoms with Crippen LogP contribution in [0.4, 0.5) is 26.3 Å². The highest BCUT2D eigenvalue weighted by Gasteiger charge is 2.45. The topological polar surface area (TPSA) is 83.9 Å². The maximum Gasteiger partial charge on any atom is 0.433 e. The van der Waals surface area contributed by atoms with Gasteiger partial charge in [0.1, 0.15) is 11.5 Å². The summed E-state index contributed by atoms with van der Waals surface area (Å²) >= 11 is 0. The fraction of sp³-hybridized carbons (Fsp3) is 0.261. The molecule has 35 heavy (non-hydrogen) atoms. The van der Waals surface area contributed by atoms with E-state index in [2.05, 4.69) is 19.9 Å². The summed E-state index contributed by atoms with van der Waals surface area (Å²) in [6.45, 7) is -0.156. The molecule has 1 aromatic carbocycles. The second kappa shape index (κ2) is 8.02. The van der Waals surface area contributed by atoms with Gasteiger partial charge in [-0.05, 0) is 28.8 Å². The average molecular weight is 494 g/mol. The molecule has 1 fully saturated rings. The summed E-state index contributed by atoms with van der Waals surface area (Å²) in [5.41, 5.74) is -0.767. The largest absolute Gasteiger partial charge is 0.433 e. The number of hydrogen-bond acceptors (Lipinski definition) is 5. The van der Waals surface area contributed by atoms with Crippen LogP contribution in [-0.2, 0) is 29.1 Å². The summed E-state index contributed by atoms with van der Waals surface area (Å²) in [6.07, 6.45) is -7.39. The molecule has 2 N–H and O–H groups in total. The van der Waals surface area contributed by atoms with Gasteiger partial charge in [-0.25, -0.2) is 9.97 Å². The number of alkyl halides is 6. The SMILES string of the molecule is OCc1cc(C(F)(F)F)ncc1-c1ccc(C2(c3nc4ncc(C(F)(F)F)cc4[nH]3)COC2)cc1. The summed E-state index contributed by atoms with van der Waals surface area (Å²) < 4.78 is 83.4. The lowest BCUT2D eigenvalue weighted by molar-refractivity contribution is -0.141. The quantitative estimate of drug-likeness (QED) is 0.396. The summed E-state index contributed by atoms with van der Waals surface area (Å²) in [5.74, 6) is 0.394. The summed E-state index contributed by atoms with van der Waals surface area (Å²) in [7, 11) is 0. The first-order valence-corrected chi connectivity index (χ1v) is 10.3. The Morgan fingerprint density at radius 1 is 0.943 bits per heavy atom. The molecule has 4 heterocycles. The van der Waals surface area contributed by atoms with E-state index in [0.29, 0.717) is 17.0 Å². The van der Waals surface area contributed by atoms with Crippen molar-refractivity contribution in [2.45, 2.75) is 24.4 Å². The average Bonchev–Trinajstić information content (AvgIpc) is 3.20. The van der Waals surface area contributed by atoms with Crippen LogP contribution in [0.3, 0.4) is 0 Å². The predicted molar refractivity (Wildman–Crippen MR) is 111 cm³/mol. The van der Waals surface area contributed by atoms with Crippen LogP contribution in [0.2, 0.25) is 0 Å². The van der Waals surface area contributed by atoms with E-state index in [0.717, 1.165) is 30.1 Å². The fourth-order valence-electron chi connectivity index (χ4n) is 4.04. The Morgan fingerprint density at radius 3 is 2.23 bits per heavy atom. The standard InChI is InChI=1S/C23H16F6N4O2/c24-22(25,26)15-6-17-19(31-7-15)33-20(32-17)21(10-35-11-21)14-3-1-12(2-4-14)16-8-30-18(23(27,28)29)5-13(16)9-34/h1-8,34H,9-11H2,(H,31,32,33). The van der Waals surface area contributed by atoms with Crippen LogP contribution in [-0.4, -0.2) is 38.3 Å². The third-order valence-electron chi connectivity index (χ3n) is 6.01. The second-order valence-electron chi connectivity index (χ2n) is 8.21. The molecular weight excluding hydrogens is 478 g/mol. The highest BCUT2D eigenvalue weighted by molar-refractivity contribution is 5.72. The molecule has 12 heteroatoms. The highest BCUT2D eigenvalue weighted by atomic mass is 19.4. The van der Waals surface area contributed by atoms with Crippen LogP contribution in [0.5, 0.6) is 0 Å². The van der Waals surface area contributed by atoms with Crippen LogP contribution in [0.25, 0.3) is 22.3 Å². The van der Waals surface area contributed by atoms with Crippen LogP contribution in [0.15, 0.2) is 48.8 Å². The molecule has 3 aromatic heterocycles. The lowest BCUT2D eigenvalue weighted by Crippen LogP contribution is -2.48. The van der Waals surface area contributed by atoms with Gasteiger partial charge >= 0.3 is 12.4 Å². The first kappa shape index (κ1) is 23.2. The summed E-state index contributed by atoms with van der Waals surface area (Å²) in [4.78, 5) is 14.6. The number of aliphatic hydroxyl groups excluding tert-OH is 1. The minimum Gasteiger partial charge on any atom is -0.392 e. The molecule has 0 bridgehead atoms. The summed E-state index contributed by atoms with van der Waals surface area (Å²) in [6, 6.07) is 8.56. The molecule has 1 aliphatic rings. The number of nitrogens with one attached hydrogen (secondary N) is 1. The van der Waals surface area contributed by atoms with Crippen molar-refractivity contribution in [3.05, 3.63) is 77.0 Å². The van der Waals surface area contributed by atoms with Gasteiger partial charge in [0.05, 0.1) is 36.3 Å². The molecule has 5 rings (SSSR count). The Morgan fingerprint density at radius 2 is 1.66 bits per heavy atom. The van der Waals surface area contributed by atoms with Crippen molar-refractivity contribution < 1.29 is 36.2 Å². The Labute approximate surface area is 193 Å². The van der Waals surface area contributed by atoms with Gasteiger partial charge in [0.2, 0.25) is 0 Å². The number of aromatic nitrogens is 4. The van der Waals surface area contributed by atoms with Crippen LogP contribution in [0.1, 0.15) is 28.2 Å². The van der Waals surface area contributed by atoms with Gasteiger partial charge in [0.15, 0.2) is 5.65 Å². The molecule has 1 aliphatic heterocycles. The smallest absolute Gasteiger partial charge is 0.392 e. The van der Waals surface area contributed by atoms with Crippen LogP contribution in [0, 0.1) is 0 Å². The number of benzene rings is 1. The molecule has 0 amide bonds. The van der Waals surface area contributed by atoms with E-state index in [-0.39, 0.29) is 29.9 Å². The second-order valence-corrected chi connectivity index (χ2v) is 8.21. The third kappa shape index (κ3) is 4.02. The van der Waals surface area contributed by atoms with E-state index in [4.69, 9.17) is 4.74 Å². The van der Waals surface area contributed by atoms with E-state index in [1.807, 2.05) is 0 Å². The zero-order valence-electron chi connectivity index (χ0n) is 17.7. The number of H-pyrrole nitrogens is 1. The molecule has 0 unspecified atom stereocenters. The fourth-order valence-corrected chi connectivity index (χ4v) is 4.04. The number of nitrogens with zero attached hydrogens (tertiary/aromatic N) is 3. The monoisotopic (exact) mass is 494 g/mol. The van der Waals surface area contributed by atoms with Crippen molar-refractivity contribution in [2.75, 3.05) is 13.2 Å². The molecule has 0 saturated carbocycles. The van der Waals surface area contributed by atoms with Gasteiger partial charge in [-0.15, -0.1) is 0 Å². The van der Waals surface area contributed by atoms with E-state index in [9.17, 15) is 31.4 Å². The normalized spacial score (nSPS) is 15.9. The minimum atomic E-state index is -4.63. The molecule has 4 aromatic rings. The number of imidazole rings is 1. The number of halogens is 6. The lowest BCUT2D eigenvalue weighted by atomic mass is 9.77. The van der Waals surface area contributed by atoms with Crippen molar-refractivity contribution in [3.8, 4) is 11.1 Å². The van der Waals surface area contributed by atoms with Crippen LogP contribution < -0.4 is 0 Å². The molecular formula is C23H16F6N4O2. The van der Waals surface area contributed by atoms with Gasteiger partial charge in [0.25, 0.3) is 0 Å². The Balaban J connectivity index is 1.50. The minimum absolute atomic E-state index is 0.0746. The van der Waals surface area contributed by atoms with E-state index in [1.54, 1.807) is 24.3 Å². The number of hydrogen-bond donors (Lipinski definition) is 2. The first-order chi connectivity index (χ1) is 16.5. The zero-order chi connectivity index (χ0) is 25.0. The van der Waals surface area contributed by atoms with E-state index >= 15 is 0 Å². The number of rotatable bonds is 4. The van der Waals surface area contributed by atoms with Crippen molar-refractivity contribution in [1.29, 1.82) is 0 Å². The van der Waals surface area contributed by atoms with Crippen molar-refractivity contribution in [1.82, 2.24) is 19.9 Å². The van der Waals surface area contributed by atoms with E-state index < -0.39 is 35.6 Å². The Kier molecular flexibility index (Phi) is 5.33. The molecule has 0 atom stereocenters. The number of aromatic amines is 1. The maximum absolute atomic E-state index is 13.0. The lowest BCUT2D eigenvalue weighted by Gasteiger charge is -2.40. The van der Waals surface area contributed by atoms with Crippen LogP contribution >= 0.6 is 0 Å². The van der Waals surface area contributed by atoms with Gasteiger partial charge in [-0.1, -0.05) is 24.3 Å². The third-order valence-corrected chi connectivity index (χ3v) is 6.01. The number of fused-ring (bicyclic) bond motifs is 1. The first-order valence-electron chi connectivity index (χ1n) is 10.3. The number of ether oxygens (including phenoxy) is 1. The zero-order valence-corrected chi connectivity index (χ0v) is 17.7. The predicted octanol–water partition coefficient (Wildman–Crippen LogP) is 4.87. The molecule has 182 valence electrons. The van der Waals surface area contributed by atoms with Gasteiger partial charge in [0, 0.05) is 18.0 Å². The molecule has 1 saturated heterocycles. The summed E-state index contributed by atoms with van der Waals surface area (Å²) in [5, 5.41) is 9.59. The number of pyridine rings is 2. The van der Waals surface area contributed by atoms with E-state index in [1.165, 1.54) is 0 Å². The highest BCUT2D eigenvalue weighted by Crippen LogP contribution is 2.40. The number of aliphatic hydroxyl groups is 1. The molecule has 6 nitrogen and oxygen atoms in total. The maximum atomic E-state index is 13.0. The van der Waals surface area contributed by atoms with Crippen molar-refractivity contribution in [2.24, 2.45) is 0 Å². The Hall–Kier alpha value is -3.51. The Bertz CT molecular complexity index is 1390.